The van der Waals surface area contributed by atoms with Crippen molar-refractivity contribution in [1.29, 1.82) is 0 Å². The Morgan fingerprint density at radius 2 is 1.96 bits per heavy atom. The zero-order chi connectivity index (χ0) is 18.4. The Labute approximate surface area is 150 Å². The van der Waals surface area contributed by atoms with E-state index in [4.69, 9.17) is 10.5 Å². The molecule has 2 N–H and O–H groups in total. The van der Waals surface area contributed by atoms with E-state index in [1.54, 1.807) is 37.4 Å². The van der Waals surface area contributed by atoms with Crippen molar-refractivity contribution < 1.29 is 18.7 Å². The van der Waals surface area contributed by atoms with Crippen LogP contribution in [0.3, 0.4) is 0 Å². The summed E-state index contributed by atoms with van der Waals surface area (Å²) in [5, 5.41) is 0. The number of carbonyl (C=O) groups is 2. The lowest BCUT2D eigenvalue weighted by atomic mass is 10.1. The van der Waals surface area contributed by atoms with Gasteiger partial charge in [-0.2, -0.15) is 0 Å². The summed E-state index contributed by atoms with van der Waals surface area (Å²) in [5.41, 5.74) is 6.29. The number of halogens is 1. The summed E-state index contributed by atoms with van der Waals surface area (Å²) < 4.78 is 18.7. The number of thioether (sulfide) groups is 1. The van der Waals surface area contributed by atoms with Gasteiger partial charge in [0, 0.05) is 18.5 Å². The summed E-state index contributed by atoms with van der Waals surface area (Å²) in [5.74, 6) is -0.889. The molecule has 0 spiro atoms. The van der Waals surface area contributed by atoms with Gasteiger partial charge < -0.3 is 15.4 Å². The van der Waals surface area contributed by atoms with Crippen LogP contribution in [0.4, 0.5) is 4.39 Å². The van der Waals surface area contributed by atoms with E-state index >= 15 is 0 Å². The zero-order valence-electron chi connectivity index (χ0n) is 14.0. The fourth-order valence-electron chi connectivity index (χ4n) is 2.28. The van der Waals surface area contributed by atoms with Gasteiger partial charge in [-0.1, -0.05) is 18.2 Å². The third kappa shape index (κ3) is 4.96. The molecule has 0 radical (unpaired) electrons. The van der Waals surface area contributed by atoms with Crippen LogP contribution in [0.5, 0.6) is 5.75 Å². The van der Waals surface area contributed by atoms with Crippen LogP contribution in [-0.2, 0) is 11.3 Å². The van der Waals surface area contributed by atoms with E-state index in [0.29, 0.717) is 16.0 Å². The van der Waals surface area contributed by atoms with E-state index in [2.05, 4.69) is 0 Å². The molecule has 2 aromatic rings. The molecule has 25 heavy (non-hydrogen) atoms. The first-order chi connectivity index (χ1) is 11.9. The normalized spacial score (nSPS) is 10.4. The Kier molecular flexibility index (Phi) is 6.41. The fraction of sp³-hybridized carbons (Fsp3) is 0.222. The van der Waals surface area contributed by atoms with Crippen LogP contribution in [-0.4, -0.2) is 36.6 Å². The Morgan fingerprint density at radius 1 is 1.24 bits per heavy atom. The maximum absolute atomic E-state index is 13.8. The number of nitrogens with two attached hydrogens (primary N) is 1. The number of carbonyl (C=O) groups excluding carboxylic acids is 2. The summed E-state index contributed by atoms with van der Waals surface area (Å²) >= 11 is 1.22. The molecule has 0 heterocycles. The Morgan fingerprint density at radius 3 is 2.60 bits per heavy atom. The lowest BCUT2D eigenvalue weighted by Crippen LogP contribution is -2.26. The molecule has 0 atom stereocenters. The number of methoxy groups -OCH3 is 1. The van der Waals surface area contributed by atoms with E-state index in [1.165, 1.54) is 35.9 Å². The molecule has 2 amide bonds. The molecule has 0 aliphatic carbocycles. The van der Waals surface area contributed by atoms with Crippen molar-refractivity contribution in [3.8, 4) is 5.75 Å². The van der Waals surface area contributed by atoms with Crippen molar-refractivity contribution in [3.63, 3.8) is 0 Å². The van der Waals surface area contributed by atoms with E-state index < -0.39 is 11.7 Å². The molecule has 2 aromatic carbocycles. The summed E-state index contributed by atoms with van der Waals surface area (Å²) in [6.07, 6.45) is 0. The van der Waals surface area contributed by atoms with Gasteiger partial charge in [0.1, 0.15) is 0 Å². The van der Waals surface area contributed by atoms with Crippen LogP contribution in [0.15, 0.2) is 47.4 Å². The molecule has 132 valence electrons. The van der Waals surface area contributed by atoms with E-state index in [0.717, 1.165) is 0 Å². The summed E-state index contributed by atoms with van der Waals surface area (Å²) in [6.45, 7) is 0.245. The fourth-order valence-corrected chi connectivity index (χ4v) is 3.06. The van der Waals surface area contributed by atoms with E-state index in [1.807, 2.05) is 0 Å². The number of rotatable bonds is 7. The topological polar surface area (TPSA) is 72.6 Å². The molecule has 7 heteroatoms. The standard InChI is InChI=1S/C18H19FN2O3S/c1-21(10-12-7-8-15(24-2)14(19)9-12)18(23)13-5-3-4-6-16(13)25-11-17(20)22/h3-9H,10-11H2,1-2H3,(H2,20,22). The average molecular weight is 362 g/mol. The largest absolute Gasteiger partial charge is 0.494 e. The second-order valence-electron chi connectivity index (χ2n) is 5.38. The third-order valence-corrected chi connectivity index (χ3v) is 4.57. The smallest absolute Gasteiger partial charge is 0.255 e. The average Bonchev–Trinajstić information content (AvgIpc) is 2.59. The van der Waals surface area contributed by atoms with Crippen molar-refractivity contribution in [2.24, 2.45) is 5.73 Å². The second-order valence-corrected chi connectivity index (χ2v) is 6.40. The van der Waals surface area contributed by atoms with Gasteiger partial charge in [0.2, 0.25) is 5.91 Å². The van der Waals surface area contributed by atoms with Crippen molar-refractivity contribution >= 4 is 23.6 Å². The van der Waals surface area contributed by atoms with Crippen LogP contribution < -0.4 is 10.5 Å². The number of hydrogen-bond donors (Lipinski definition) is 1. The molecule has 0 bridgehead atoms. The number of hydrogen-bond acceptors (Lipinski definition) is 4. The lowest BCUT2D eigenvalue weighted by Gasteiger charge is -2.19. The summed E-state index contributed by atoms with van der Waals surface area (Å²) in [4.78, 5) is 25.8. The highest BCUT2D eigenvalue weighted by Gasteiger charge is 2.17. The van der Waals surface area contributed by atoms with Gasteiger partial charge in [-0.3, -0.25) is 9.59 Å². The molecule has 0 aromatic heterocycles. The Hall–Kier alpha value is -2.54. The SMILES string of the molecule is COc1ccc(CN(C)C(=O)c2ccccc2SCC(N)=O)cc1F. The molecule has 0 fully saturated rings. The quantitative estimate of drug-likeness (QED) is 0.769. The molecule has 0 aliphatic rings. The lowest BCUT2D eigenvalue weighted by molar-refractivity contribution is -0.115. The molecule has 0 saturated carbocycles. The number of ether oxygens (including phenoxy) is 1. The molecule has 2 rings (SSSR count). The molecule has 0 aliphatic heterocycles. The highest BCUT2D eigenvalue weighted by atomic mass is 32.2. The molecule has 0 unspecified atom stereocenters. The van der Waals surface area contributed by atoms with Crippen LogP contribution in [0.2, 0.25) is 0 Å². The van der Waals surface area contributed by atoms with Gasteiger partial charge in [-0.15, -0.1) is 11.8 Å². The number of amides is 2. The minimum absolute atomic E-state index is 0.0949. The van der Waals surface area contributed by atoms with Crippen LogP contribution >= 0.6 is 11.8 Å². The number of benzene rings is 2. The minimum Gasteiger partial charge on any atom is -0.494 e. The molecule has 0 saturated heterocycles. The van der Waals surface area contributed by atoms with Crippen molar-refractivity contribution in [2.45, 2.75) is 11.4 Å². The van der Waals surface area contributed by atoms with Gasteiger partial charge >= 0.3 is 0 Å². The maximum atomic E-state index is 13.8. The molecule has 5 nitrogen and oxygen atoms in total. The van der Waals surface area contributed by atoms with Gasteiger partial charge in [-0.05, 0) is 29.8 Å². The summed E-state index contributed by atoms with van der Waals surface area (Å²) in [7, 11) is 3.04. The number of primary amides is 1. The molecular weight excluding hydrogens is 343 g/mol. The highest BCUT2D eigenvalue weighted by Crippen LogP contribution is 2.24. The summed E-state index contributed by atoms with van der Waals surface area (Å²) in [6, 6.07) is 11.6. The zero-order valence-corrected chi connectivity index (χ0v) is 14.8. The monoisotopic (exact) mass is 362 g/mol. The maximum Gasteiger partial charge on any atom is 0.255 e. The van der Waals surface area contributed by atoms with Gasteiger partial charge in [0.15, 0.2) is 11.6 Å². The first kappa shape index (κ1) is 18.8. The van der Waals surface area contributed by atoms with Crippen LogP contribution in [0.1, 0.15) is 15.9 Å². The van der Waals surface area contributed by atoms with Gasteiger partial charge in [-0.25, -0.2) is 4.39 Å². The predicted octanol–water partition coefficient (Wildman–Crippen LogP) is 2.68. The Bertz CT molecular complexity index is 783. The highest BCUT2D eigenvalue weighted by molar-refractivity contribution is 8.00. The van der Waals surface area contributed by atoms with Crippen LogP contribution in [0.25, 0.3) is 0 Å². The van der Waals surface area contributed by atoms with Gasteiger partial charge in [0.25, 0.3) is 5.91 Å². The second kappa shape index (κ2) is 8.53. The van der Waals surface area contributed by atoms with E-state index in [-0.39, 0.29) is 24.0 Å². The first-order valence-electron chi connectivity index (χ1n) is 7.50. The Balaban J connectivity index is 2.14. The van der Waals surface area contributed by atoms with Gasteiger partial charge in [0.05, 0.1) is 18.4 Å². The first-order valence-corrected chi connectivity index (χ1v) is 8.49. The van der Waals surface area contributed by atoms with E-state index in [9.17, 15) is 14.0 Å². The van der Waals surface area contributed by atoms with Crippen molar-refractivity contribution in [1.82, 2.24) is 4.90 Å². The van der Waals surface area contributed by atoms with Crippen LogP contribution in [0, 0.1) is 5.82 Å². The molecular formula is C18H19FN2O3S. The third-order valence-electron chi connectivity index (χ3n) is 3.47. The van der Waals surface area contributed by atoms with Crippen molar-refractivity contribution in [2.75, 3.05) is 19.9 Å². The van der Waals surface area contributed by atoms with Crippen molar-refractivity contribution in [3.05, 3.63) is 59.4 Å². The number of nitrogens with zero attached hydrogens (tertiary/aromatic N) is 1. The predicted molar refractivity (Wildman–Crippen MR) is 95.1 cm³/mol. The minimum atomic E-state index is -0.474.